The molecule has 1 rings (SSSR count). The normalized spacial score (nSPS) is 14.2. The van der Waals surface area contributed by atoms with E-state index in [0.717, 1.165) is 6.07 Å². The molecule has 0 amide bonds. The predicted octanol–water partition coefficient (Wildman–Crippen LogP) is 1.50. The Morgan fingerprint density at radius 1 is 1.40 bits per heavy atom. The number of ether oxygens (including phenoxy) is 1. The predicted molar refractivity (Wildman–Crippen MR) is 72.3 cm³/mol. The van der Waals surface area contributed by atoms with Gasteiger partial charge in [-0.15, -0.1) is 0 Å². The van der Waals surface area contributed by atoms with Crippen LogP contribution in [0, 0.1) is 11.6 Å². The van der Waals surface area contributed by atoms with Gasteiger partial charge >= 0.3 is 5.97 Å². The van der Waals surface area contributed by atoms with E-state index in [2.05, 4.69) is 5.32 Å². The molecular formula is C14H20F2N2O2. The lowest BCUT2D eigenvalue weighted by atomic mass is 9.91. The number of nitrogens with zero attached hydrogens (tertiary/aromatic N) is 1. The summed E-state index contributed by atoms with van der Waals surface area (Å²) in [5, 5.41) is 2.94. The van der Waals surface area contributed by atoms with Crippen molar-refractivity contribution in [1.82, 2.24) is 10.2 Å². The van der Waals surface area contributed by atoms with Gasteiger partial charge in [0.15, 0.2) is 11.6 Å². The van der Waals surface area contributed by atoms with Crippen LogP contribution >= 0.6 is 0 Å². The van der Waals surface area contributed by atoms with Gasteiger partial charge in [0.2, 0.25) is 0 Å². The molecule has 0 fully saturated rings. The highest BCUT2D eigenvalue weighted by molar-refractivity contribution is 5.82. The van der Waals surface area contributed by atoms with Gasteiger partial charge in [0.05, 0.1) is 7.11 Å². The number of nitrogens with one attached hydrogen (secondary N) is 1. The van der Waals surface area contributed by atoms with Crippen LogP contribution in [0.2, 0.25) is 0 Å². The Morgan fingerprint density at radius 3 is 2.60 bits per heavy atom. The first-order chi connectivity index (χ1) is 9.32. The van der Waals surface area contributed by atoms with Crippen molar-refractivity contribution < 1.29 is 18.3 Å². The zero-order valence-electron chi connectivity index (χ0n) is 12.2. The van der Waals surface area contributed by atoms with Gasteiger partial charge in [-0.05, 0) is 27.1 Å². The van der Waals surface area contributed by atoms with Gasteiger partial charge in [-0.1, -0.05) is 12.1 Å². The molecule has 20 heavy (non-hydrogen) atoms. The Labute approximate surface area is 117 Å². The van der Waals surface area contributed by atoms with Crippen molar-refractivity contribution in [2.24, 2.45) is 0 Å². The monoisotopic (exact) mass is 286 g/mol. The highest BCUT2D eigenvalue weighted by atomic mass is 19.2. The van der Waals surface area contributed by atoms with Gasteiger partial charge < -0.3 is 9.64 Å². The first kappa shape index (κ1) is 16.5. The largest absolute Gasteiger partial charge is 0.467 e. The van der Waals surface area contributed by atoms with Gasteiger partial charge in [0.1, 0.15) is 5.54 Å². The van der Waals surface area contributed by atoms with Crippen LogP contribution in [0.25, 0.3) is 0 Å². The molecule has 0 bridgehead atoms. The van der Waals surface area contributed by atoms with E-state index in [4.69, 9.17) is 4.74 Å². The number of benzene rings is 1. The maximum Gasteiger partial charge on any atom is 0.330 e. The molecule has 0 spiro atoms. The third-order valence-electron chi connectivity index (χ3n) is 3.12. The Balaban J connectivity index is 3.10. The summed E-state index contributed by atoms with van der Waals surface area (Å²) in [7, 11) is 4.96. The molecule has 6 heteroatoms. The molecular weight excluding hydrogens is 266 g/mol. The smallest absolute Gasteiger partial charge is 0.330 e. The first-order valence-corrected chi connectivity index (χ1v) is 6.25. The average Bonchev–Trinajstić information content (AvgIpc) is 2.40. The van der Waals surface area contributed by atoms with Crippen molar-refractivity contribution in [3.05, 3.63) is 35.4 Å². The summed E-state index contributed by atoms with van der Waals surface area (Å²) in [6, 6.07) is 3.75. The van der Waals surface area contributed by atoms with Crippen molar-refractivity contribution in [2.45, 2.75) is 12.5 Å². The summed E-state index contributed by atoms with van der Waals surface area (Å²) in [4.78, 5) is 13.9. The van der Waals surface area contributed by atoms with E-state index in [1.54, 1.807) is 0 Å². The van der Waals surface area contributed by atoms with Gasteiger partial charge in [-0.3, -0.25) is 5.32 Å². The van der Waals surface area contributed by atoms with Crippen LogP contribution < -0.4 is 5.32 Å². The lowest BCUT2D eigenvalue weighted by molar-refractivity contribution is -0.148. The number of rotatable bonds is 6. The molecule has 1 aromatic rings. The number of carbonyl (C=O) groups is 1. The Hall–Kier alpha value is -1.53. The summed E-state index contributed by atoms with van der Waals surface area (Å²) in [5.74, 6) is -2.70. The standard InChI is InChI=1S/C14H20F2N2O2/c1-14(13(19)20-4,17-8-9-18(2)3)10-6-5-7-11(15)12(10)16/h5-7,17H,8-9H2,1-4H3. The quantitative estimate of drug-likeness (QED) is 0.805. The van der Waals surface area contributed by atoms with Crippen LogP contribution in [-0.2, 0) is 15.1 Å². The third-order valence-corrected chi connectivity index (χ3v) is 3.12. The van der Waals surface area contributed by atoms with Crippen LogP contribution in [0.4, 0.5) is 8.78 Å². The number of carbonyl (C=O) groups excluding carboxylic acids is 1. The maximum atomic E-state index is 13.9. The molecule has 0 saturated carbocycles. The van der Waals surface area contributed by atoms with Crippen molar-refractivity contribution >= 4 is 5.97 Å². The minimum atomic E-state index is -1.43. The summed E-state index contributed by atoms with van der Waals surface area (Å²) >= 11 is 0. The maximum absolute atomic E-state index is 13.9. The van der Waals surface area contributed by atoms with E-state index in [1.807, 2.05) is 19.0 Å². The van der Waals surface area contributed by atoms with Crippen LogP contribution in [0.3, 0.4) is 0 Å². The fraction of sp³-hybridized carbons (Fsp3) is 0.500. The molecule has 0 radical (unpaired) electrons. The van der Waals surface area contributed by atoms with Gasteiger partial charge in [-0.2, -0.15) is 0 Å². The first-order valence-electron chi connectivity index (χ1n) is 6.25. The number of halogens is 2. The number of esters is 1. The van der Waals surface area contributed by atoms with E-state index in [0.29, 0.717) is 13.1 Å². The molecule has 1 atom stereocenters. The highest BCUT2D eigenvalue weighted by Gasteiger charge is 2.38. The molecule has 0 aliphatic carbocycles. The van der Waals surface area contributed by atoms with Gasteiger partial charge in [0.25, 0.3) is 0 Å². The van der Waals surface area contributed by atoms with Crippen LogP contribution in [0.5, 0.6) is 0 Å². The molecule has 0 saturated heterocycles. The SMILES string of the molecule is COC(=O)C(C)(NCCN(C)C)c1cccc(F)c1F. The second-order valence-electron chi connectivity index (χ2n) is 4.95. The van der Waals surface area contributed by atoms with E-state index >= 15 is 0 Å². The summed E-state index contributed by atoms with van der Waals surface area (Å²) in [5.41, 5.74) is -1.50. The van der Waals surface area contributed by atoms with Crippen LogP contribution in [0.15, 0.2) is 18.2 Å². The Bertz CT molecular complexity index is 480. The highest BCUT2D eigenvalue weighted by Crippen LogP contribution is 2.26. The van der Waals surface area contributed by atoms with E-state index in [-0.39, 0.29) is 5.56 Å². The zero-order chi connectivity index (χ0) is 15.3. The molecule has 0 aromatic heterocycles. The van der Waals surface area contributed by atoms with E-state index in [9.17, 15) is 13.6 Å². The summed E-state index contributed by atoms with van der Waals surface area (Å²) in [6.45, 7) is 2.55. The molecule has 0 aliphatic heterocycles. The number of hydrogen-bond donors (Lipinski definition) is 1. The molecule has 0 heterocycles. The minimum absolute atomic E-state index is 0.0666. The molecule has 112 valence electrons. The van der Waals surface area contributed by atoms with E-state index in [1.165, 1.54) is 26.2 Å². The van der Waals surface area contributed by atoms with Gasteiger partial charge in [-0.25, -0.2) is 13.6 Å². The van der Waals surface area contributed by atoms with Crippen molar-refractivity contribution in [3.8, 4) is 0 Å². The second-order valence-corrected chi connectivity index (χ2v) is 4.95. The number of hydrogen-bond acceptors (Lipinski definition) is 4. The molecule has 1 unspecified atom stereocenters. The lowest BCUT2D eigenvalue weighted by Crippen LogP contribution is -2.50. The topological polar surface area (TPSA) is 41.6 Å². The molecule has 0 aliphatic rings. The Morgan fingerprint density at radius 2 is 2.05 bits per heavy atom. The van der Waals surface area contributed by atoms with Crippen molar-refractivity contribution in [2.75, 3.05) is 34.3 Å². The fourth-order valence-corrected chi connectivity index (χ4v) is 1.90. The van der Waals surface area contributed by atoms with Crippen molar-refractivity contribution in [3.63, 3.8) is 0 Å². The molecule has 4 nitrogen and oxygen atoms in total. The zero-order valence-corrected chi connectivity index (χ0v) is 12.2. The van der Waals surface area contributed by atoms with Gasteiger partial charge in [0, 0.05) is 18.7 Å². The molecule has 1 aromatic carbocycles. The fourth-order valence-electron chi connectivity index (χ4n) is 1.90. The van der Waals surface area contributed by atoms with E-state index < -0.39 is 23.1 Å². The van der Waals surface area contributed by atoms with Crippen LogP contribution in [-0.4, -0.2) is 45.2 Å². The van der Waals surface area contributed by atoms with Crippen LogP contribution in [0.1, 0.15) is 12.5 Å². The summed E-state index contributed by atoms with van der Waals surface area (Å²) in [6.07, 6.45) is 0. The summed E-state index contributed by atoms with van der Waals surface area (Å²) < 4.78 is 32.0. The van der Waals surface area contributed by atoms with Crippen molar-refractivity contribution in [1.29, 1.82) is 0 Å². The molecule has 1 N–H and O–H groups in total. The second kappa shape index (κ2) is 6.76. The number of likely N-dealkylation sites (N-methyl/N-ethyl adjacent to an activating group) is 1. The Kier molecular flexibility index (Phi) is 5.59. The minimum Gasteiger partial charge on any atom is -0.467 e. The average molecular weight is 286 g/mol. The third kappa shape index (κ3) is 3.52. The lowest BCUT2D eigenvalue weighted by Gasteiger charge is -2.29. The number of methoxy groups -OCH3 is 1.